The number of halogens is 1. The summed E-state index contributed by atoms with van der Waals surface area (Å²) in [5.74, 6) is -0.385. The molecule has 0 saturated carbocycles. The van der Waals surface area contributed by atoms with E-state index in [9.17, 15) is 9.90 Å². The molecular formula is C22H17ClN2O2. The van der Waals surface area contributed by atoms with Crippen LogP contribution in [0.1, 0.15) is 27.9 Å². The molecule has 0 radical (unpaired) electrons. The van der Waals surface area contributed by atoms with Crippen molar-refractivity contribution in [2.75, 3.05) is 0 Å². The monoisotopic (exact) mass is 376 g/mol. The number of amides is 1. The van der Waals surface area contributed by atoms with E-state index in [1.807, 2.05) is 48.5 Å². The first kappa shape index (κ1) is 17.5. The SMILES string of the molecule is O=C(c1ccc(Cl)cc1)N1N=C(c2ccccc2)C[C@]1(O)c1ccccc1. The summed E-state index contributed by atoms with van der Waals surface area (Å²) >= 11 is 5.93. The zero-order chi connectivity index (χ0) is 18.9. The molecule has 0 unspecified atom stereocenters. The van der Waals surface area contributed by atoms with E-state index in [1.165, 1.54) is 5.01 Å². The van der Waals surface area contributed by atoms with Crippen LogP contribution < -0.4 is 0 Å². The predicted molar refractivity (Wildman–Crippen MR) is 106 cm³/mol. The minimum Gasteiger partial charge on any atom is -0.365 e. The van der Waals surface area contributed by atoms with Crippen molar-refractivity contribution in [2.24, 2.45) is 5.10 Å². The van der Waals surface area contributed by atoms with Gasteiger partial charge in [-0.1, -0.05) is 72.3 Å². The predicted octanol–water partition coefficient (Wildman–Crippen LogP) is 4.44. The van der Waals surface area contributed by atoms with Crippen LogP contribution in [0.3, 0.4) is 0 Å². The number of nitrogens with zero attached hydrogens (tertiary/aromatic N) is 2. The topological polar surface area (TPSA) is 52.9 Å². The molecule has 1 amide bonds. The molecule has 27 heavy (non-hydrogen) atoms. The molecule has 1 N–H and O–H groups in total. The maximum Gasteiger partial charge on any atom is 0.276 e. The van der Waals surface area contributed by atoms with E-state index in [2.05, 4.69) is 5.10 Å². The van der Waals surface area contributed by atoms with Crippen LogP contribution in [0.5, 0.6) is 0 Å². The summed E-state index contributed by atoms with van der Waals surface area (Å²) < 4.78 is 0. The Bertz CT molecular complexity index is 988. The molecule has 0 aliphatic carbocycles. The van der Waals surface area contributed by atoms with Crippen LogP contribution >= 0.6 is 11.6 Å². The maximum absolute atomic E-state index is 13.1. The Morgan fingerprint density at radius 1 is 0.926 bits per heavy atom. The molecule has 0 aromatic heterocycles. The number of carbonyl (C=O) groups excluding carboxylic acids is 1. The van der Waals surface area contributed by atoms with Crippen molar-refractivity contribution in [3.8, 4) is 0 Å². The molecule has 1 aliphatic heterocycles. The van der Waals surface area contributed by atoms with Crippen molar-refractivity contribution in [3.05, 3.63) is 107 Å². The van der Waals surface area contributed by atoms with Crippen LogP contribution in [-0.4, -0.2) is 21.7 Å². The number of rotatable bonds is 3. The van der Waals surface area contributed by atoms with Crippen LogP contribution in [0.2, 0.25) is 5.02 Å². The fourth-order valence-electron chi connectivity index (χ4n) is 3.20. The standard InChI is InChI=1S/C22H17ClN2O2/c23-19-13-11-17(12-14-19)21(26)25-22(27,18-9-5-2-6-10-18)15-20(24-25)16-7-3-1-4-8-16/h1-14,27H,15H2/t22-/m0/s1. The van der Waals surface area contributed by atoms with E-state index in [0.29, 0.717) is 21.9 Å². The van der Waals surface area contributed by atoms with E-state index in [-0.39, 0.29) is 12.3 Å². The Morgan fingerprint density at radius 2 is 1.52 bits per heavy atom. The third kappa shape index (κ3) is 3.25. The Kier molecular flexibility index (Phi) is 4.52. The van der Waals surface area contributed by atoms with Crippen LogP contribution in [0.25, 0.3) is 0 Å². The molecule has 1 heterocycles. The summed E-state index contributed by atoms with van der Waals surface area (Å²) in [6.45, 7) is 0. The second-order valence-corrected chi connectivity index (χ2v) is 6.83. The first-order valence-electron chi connectivity index (χ1n) is 8.59. The maximum atomic E-state index is 13.1. The average molecular weight is 377 g/mol. The van der Waals surface area contributed by atoms with Gasteiger partial charge in [0, 0.05) is 22.6 Å². The zero-order valence-corrected chi connectivity index (χ0v) is 15.2. The minimum absolute atomic E-state index is 0.209. The minimum atomic E-state index is -1.55. The molecule has 1 atom stereocenters. The fourth-order valence-corrected chi connectivity index (χ4v) is 3.32. The summed E-state index contributed by atoms with van der Waals surface area (Å²) in [6.07, 6.45) is 0.209. The van der Waals surface area contributed by atoms with Gasteiger partial charge in [-0.25, -0.2) is 0 Å². The van der Waals surface area contributed by atoms with Gasteiger partial charge in [-0.15, -0.1) is 0 Å². The van der Waals surface area contributed by atoms with Crippen LogP contribution in [0, 0.1) is 0 Å². The lowest BCUT2D eigenvalue weighted by molar-refractivity contribution is -0.0765. The summed E-state index contributed by atoms with van der Waals surface area (Å²) in [5.41, 5.74) is 1.000. The van der Waals surface area contributed by atoms with Gasteiger partial charge >= 0.3 is 0 Å². The molecule has 4 nitrogen and oxygen atoms in total. The lowest BCUT2D eigenvalue weighted by atomic mass is 9.94. The quantitative estimate of drug-likeness (QED) is 0.734. The second kappa shape index (κ2) is 6.99. The highest BCUT2D eigenvalue weighted by Gasteiger charge is 2.46. The molecule has 0 bridgehead atoms. The smallest absolute Gasteiger partial charge is 0.276 e. The molecule has 0 fully saturated rings. The normalized spacial score (nSPS) is 19.0. The molecule has 134 valence electrons. The molecule has 3 aromatic rings. The number of carbonyl (C=O) groups is 1. The lowest BCUT2D eigenvalue weighted by Gasteiger charge is -2.31. The first-order chi connectivity index (χ1) is 13.1. The number of hydrogen-bond donors (Lipinski definition) is 1. The highest BCUT2D eigenvalue weighted by molar-refractivity contribution is 6.30. The average Bonchev–Trinajstić information content (AvgIpc) is 3.08. The molecule has 1 aliphatic rings. The molecule has 0 saturated heterocycles. The second-order valence-electron chi connectivity index (χ2n) is 6.40. The van der Waals surface area contributed by atoms with Crippen molar-refractivity contribution in [3.63, 3.8) is 0 Å². The van der Waals surface area contributed by atoms with Gasteiger partial charge < -0.3 is 5.11 Å². The van der Waals surface area contributed by atoms with Gasteiger partial charge in [0.2, 0.25) is 0 Å². The molecule has 4 rings (SSSR count). The van der Waals surface area contributed by atoms with Gasteiger partial charge in [-0.05, 0) is 29.8 Å². The lowest BCUT2D eigenvalue weighted by Crippen LogP contribution is -2.43. The number of aliphatic hydroxyl groups is 1. The van der Waals surface area contributed by atoms with E-state index in [4.69, 9.17) is 11.6 Å². The zero-order valence-electron chi connectivity index (χ0n) is 14.4. The third-order valence-corrected chi connectivity index (χ3v) is 4.86. The Labute approximate surface area is 162 Å². The van der Waals surface area contributed by atoms with Crippen LogP contribution in [-0.2, 0) is 5.72 Å². The van der Waals surface area contributed by atoms with Crippen molar-refractivity contribution in [1.29, 1.82) is 0 Å². The van der Waals surface area contributed by atoms with Crippen LogP contribution in [0.15, 0.2) is 90.0 Å². The molecule has 0 spiro atoms. The van der Waals surface area contributed by atoms with Gasteiger partial charge in [-0.3, -0.25) is 4.79 Å². The Hall–Kier alpha value is -2.95. The summed E-state index contributed by atoms with van der Waals surface area (Å²) in [7, 11) is 0. The van der Waals surface area contributed by atoms with Crippen molar-refractivity contribution in [2.45, 2.75) is 12.1 Å². The van der Waals surface area contributed by atoms with E-state index in [1.54, 1.807) is 36.4 Å². The van der Waals surface area contributed by atoms with Gasteiger partial charge in [0.1, 0.15) is 0 Å². The highest BCUT2D eigenvalue weighted by Crippen LogP contribution is 2.37. The van der Waals surface area contributed by atoms with E-state index < -0.39 is 5.72 Å². The summed E-state index contributed by atoms with van der Waals surface area (Å²) in [4.78, 5) is 13.1. The van der Waals surface area contributed by atoms with Gasteiger partial charge in [0.15, 0.2) is 5.72 Å². The number of benzene rings is 3. The largest absolute Gasteiger partial charge is 0.365 e. The number of hydrazone groups is 1. The highest BCUT2D eigenvalue weighted by atomic mass is 35.5. The number of hydrogen-bond acceptors (Lipinski definition) is 3. The molecule has 5 heteroatoms. The van der Waals surface area contributed by atoms with Crippen molar-refractivity contribution >= 4 is 23.2 Å². The Morgan fingerprint density at radius 3 is 2.15 bits per heavy atom. The third-order valence-electron chi connectivity index (χ3n) is 4.61. The summed E-state index contributed by atoms with van der Waals surface area (Å²) in [6, 6.07) is 25.2. The fraction of sp³-hybridized carbons (Fsp3) is 0.0909. The first-order valence-corrected chi connectivity index (χ1v) is 8.97. The van der Waals surface area contributed by atoms with Crippen LogP contribution in [0.4, 0.5) is 0 Å². The van der Waals surface area contributed by atoms with E-state index >= 15 is 0 Å². The van der Waals surface area contributed by atoms with Gasteiger partial charge in [0.25, 0.3) is 5.91 Å². The van der Waals surface area contributed by atoms with Gasteiger partial charge in [0.05, 0.1) is 5.71 Å². The van der Waals surface area contributed by atoms with Crippen molar-refractivity contribution < 1.29 is 9.90 Å². The van der Waals surface area contributed by atoms with Crippen molar-refractivity contribution in [1.82, 2.24) is 5.01 Å². The molecule has 3 aromatic carbocycles. The van der Waals surface area contributed by atoms with E-state index in [0.717, 1.165) is 5.56 Å². The Balaban J connectivity index is 1.79. The summed E-state index contributed by atoms with van der Waals surface area (Å²) in [5, 5.41) is 17.7. The molecular weight excluding hydrogens is 360 g/mol. The van der Waals surface area contributed by atoms with Gasteiger partial charge in [-0.2, -0.15) is 10.1 Å².